The Labute approximate surface area is 421 Å². The van der Waals surface area contributed by atoms with Gasteiger partial charge in [0.2, 0.25) is 0 Å². The molecule has 22 heteroatoms. The highest BCUT2D eigenvalue weighted by Crippen LogP contribution is 2.70. The second-order valence-electron chi connectivity index (χ2n) is 11.8. The molecule has 2 atom stereocenters. The van der Waals surface area contributed by atoms with Gasteiger partial charge in [-0.2, -0.15) is 0 Å². The van der Waals surface area contributed by atoms with E-state index in [0.717, 1.165) is 11.1 Å². The maximum absolute atomic E-state index is 12.7. The van der Waals surface area contributed by atoms with Crippen LogP contribution in [0.15, 0.2) is 112 Å². The zero-order valence-electron chi connectivity index (χ0n) is 32.9. The minimum atomic E-state index is -0.408. The molecule has 60 heavy (non-hydrogen) atoms. The van der Waals surface area contributed by atoms with Crippen LogP contribution in [0.4, 0.5) is 9.59 Å². The Morgan fingerprint density at radius 3 is 1.10 bits per heavy atom. The molecule has 2 amide bonds. The molecule has 322 valence electrons. The molecule has 2 aromatic carbocycles. The molecule has 0 radical (unpaired) electrons. The average Bonchev–Trinajstić information content (AvgIpc) is 4.08. The number of benzene rings is 2. The van der Waals surface area contributed by atoms with Crippen LogP contribution in [-0.4, -0.2) is 61.9 Å². The Bertz CT molecular complexity index is 1880. The molecule has 6 nitrogen and oxygen atoms in total. The monoisotopic (exact) mass is 1100 g/mol. The number of nitrogens with one attached hydrogen (secondary N) is 2. The van der Waals surface area contributed by atoms with Gasteiger partial charge in [-0.1, -0.05) is 155 Å². The Kier molecular flexibility index (Phi) is 22.2. The van der Waals surface area contributed by atoms with Gasteiger partial charge < -0.3 is 20.1 Å². The first-order chi connectivity index (χ1) is 29.2. The van der Waals surface area contributed by atoms with Gasteiger partial charge in [-0.15, -0.1) is 70.6 Å². The lowest BCUT2D eigenvalue weighted by atomic mass is 10.1. The van der Waals surface area contributed by atoms with Gasteiger partial charge in [0, 0.05) is 11.5 Å². The molecular formula is C38H40N2O4S16. The van der Waals surface area contributed by atoms with Crippen molar-refractivity contribution < 1.29 is 19.1 Å². The molecule has 0 fully saturated rings. The molecule has 4 aliphatic rings. The van der Waals surface area contributed by atoms with E-state index in [1.54, 1.807) is 23.5 Å². The van der Waals surface area contributed by atoms with Crippen molar-refractivity contribution in [2.24, 2.45) is 0 Å². The van der Waals surface area contributed by atoms with Gasteiger partial charge >= 0.3 is 12.2 Å². The first-order valence-electron chi connectivity index (χ1n) is 17.8. The van der Waals surface area contributed by atoms with E-state index in [2.05, 4.69) is 35.7 Å². The van der Waals surface area contributed by atoms with Crippen molar-refractivity contribution in [2.45, 2.75) is 25.9 Å². The van der Waals surface area contributed by atoms with Gasteiger partial charge in [0.25, 0.3) is 0 Å². The molecule has 0 saturated carbocycles. The van der Waals surface area contributed by atoms with Crippen molar-refractivity contribution in [3.05, 3.63) is 123 Å². The number of carbonyl (C=O) groups excluding carboxylic acids is 2. The normalized spacial score (nSPS) is 18.0. The van der Waals surface area contributed by atoms with Crippen LogP contribution < -0.4 is 10.6 Å². The van der Waals surface area contributed by atoms with E-state index in [4.69, 9.17) is 9.47 Å². The van der Waals surface area contributed by atoms with Crippen molar-refractivity contribution in [1.29, 1.82) is 0 Å². The molecule has 4 aliphatic heterocycles. The fourth-order valence-corrected chi connectivity index (χ4v) is 28.0. The number of ether oxygens (including phenoxy) is 2. The molecule has 0 spiro atoms. The van der Waals surface area contributed by atoms with E-state index in [9.17, 15) is 9.59 Å². The predicted molar refractivity (Wildman–Crippen MR) is 296 cm³/mol. The third-order valence-corrected chi connectivity index (χ3v) is 31.0. The molecule has 0 aromatic heterocycles. The summed E-state index contributed by atoms with van der Waals surface area (Å²) in [5, 5.41) is 5.91. The second-order valence-corrected chi connectivity index (χ2v) is 30.7. The first-order valence-corrected chi connectivity index (χ1v) is 33.4. The maximum Gasteiger partial charge on any atom is 0.407 e. The summed E-state index contributed by atoms with van der Waals surface area (Å²) >= 11 is 25.6. The summed E-state index contributed by atoms with van der Waals surface area (Å²) in [6, 6.07) is 19.5. The Hall–Kier alpha value is 1.02. The lowest BCUT2D eigenvalue weighted by Crippen LogP contribution is -2.28. The lowest BCUT2D eigenvalue weighted by Gasteiger charge is -2.14. The average molecular weight is 1100 g/mol. The highest BCUT2D eigenvalue weighted by Gasteiger charge is 2.34. The van der Waals surface area contributed by atoms with Crippen LogP contribution in [0, 0.1) is 0 Å². The van der Waals surface area contributed by atoms with Crippen molar-refractivity contribution in [2.75, 3.05) is 49.7 Å². The van der Waals surface area contributed by atoms with E-state index >= 15 is 0 Å². The Morgan fingerprint density at radius 2 is 0.783 bits per heavy atom. The molecule has 6 rings (SSSR count). The number of amides is 2. The second kappa shape index (κ2) is 26.4. The number of carbonyl (C=O) groups is 2. The van der Waals surface area contributed by atoms with Crippen LogP contribution in [0.25, 0.3) is 0 Å². The smallest absolute Gasteiger partial charge is 0.407 e. The van der Waals surface area contributed by atoms with Gasteiger partial charge in [0.1, 0.15) is 13.2 Å². The van der Waals surface area contributed by atoms with E-state index in [0.29, 0.717) is 24.7 Å². The van der Waals surface area contributed by atoms with E-state index in [1.807, 2.05) is 237 Å². The number of alkyl carbamates (subject to hydrolysis) is 2. The molecule has 0 saturated heterocycles. The van der Waals surface area contributed by atoms with Gasteiger partial charge in [0.15, 0.2) is 0 Å². The summed E-state index contributed by atoms with van der Waals surface area (Å²) in [6.07, 6.45) is 7.78. The number of rotatable bonds is 19. The van der Waals surface area contributed by atoms with Crippen LogP contribution in [0.5, 0.6) is 0 Å². The van der Waals surface area contributed by atoms with E-state index in [-0.39, 0.29) is 12.1 Å². The lowest BCUT2D eigenvalue weighted by molar-refractivity contribution is 0.149. The Morgan fingerprint density at radius 1 is 0.483 bits per heavy atom. The van der Waals surface area contributed by atoms with Crippen LogP contribution in [0.3, 0.4) is 0 Å². The summed E-state index contributed by atoms with van der Waals surface area (Å²) in [4.78, 5) is 25.4. The topological polar surface area (TPSA) is 76.7 Å². The summed E-state index contributed by atoms with van der Waals surface area (Å²) < 4.78 is 26.9. The number of thioether (sulfide) groups is 14. The minimum Gasteiger partial charge on any atom is -0.449 e. The van der Waals surface area contributed by atoms with Gasteiger partial charge in [0.05, 0.1) is 62.9 Å². The van der Waals surface area contributed by atoms with Gasteiger partial charge in [-0.3, -0.25) is 0 Å². The molecule has 0 bridgehead atoms. The Balaban J connectivity index is 1.11. The largest absolute Gasteiger partial charge is 0.449 e. The minimum absolute atomic E-state index is 0.138. The van der Waals surface area contributed by atoms with Crippen molar-refractivity contribution in [3.8, 4) is 0 Å². The number of hydrogen-bond acceptors (Lipinski definition) is 20. The summed E-state index contributed by atoms with van der Waals surface area (Å²) in [6.45, 7) is 4.54. The fourth-order valence-electron chi connectivity index (χ4n) is 4.90. The van der Waals surface area contributed by atoms with E-state index in [1.165, 1.54) is 50.8 Å². The molecule has 0 aliphatic carbocycles. The molecule has 4 heterocycles. The quantitative estimate of drug-likeness (QED) is 0.103. The van der Waals surface area contributed by atoms with Gasteiger partial charge in [-0.25, -0.2) is 9.59 Å². The molecule has 2 unspecified atom stereocenters. The van der Waals surface area contributed by atoms with E-state index < -0.39 is 12.2 Å². The van der Waals surface area contributed by atoms with Crippen molar-refractivity contribution >= 4 is 198 Å². The fraction of sp³-hybridized carbons (Fsp3) is 0.316. The highest BCUT2D eigenvalue weighted by atomic mass is 33.1. The molecule has 2 aromatic rings. The standard InChI is InChI=1S/C38H40N2O4S16/c1-21(23-13-9-7-10-14-23)39-37(41)43-17-19-49-29-35(57-33(55-29)31-51-25(45-3)26(46-4)52-31)59-60-36-30(56-34(58-36)32-53-27(47-5)28(48-6)54-32)50-20-18-44-38(42)40-22(2)24-15-11-8-12-16-24/h7-16,21-22H,17-20H2,1-6H3,(H,39,41)(H,40,42). The first kappa shape index (κ1) is 50.4. The van der Waals surface area contributed by atoms with Crippen LogP contribution in [0.2, 0.25) is 0 Å². The van der Waals surface area contributed by atoms with Crippen molar-refractivity contribution in [3.63, 3.8) is 0 Å². The zero-order chi connectivity index (χ0) is 42.4. The third-order valence-electron chi connectivity index (χ3n) is 7.78. The van der Waals surface area contributed by atoms with Crippen LogP contribution in [-0.2, 0) is 9.47 Å². The van der Waals surface area contributed by atoms with Crippen LogP contribution >= 0.6 is 186 Å². The van der Waals surface area contributed by atoms with Crippen molar-refractivity contribution in [1.82, 2.24) is 10.6 Å². The molecular weight excluding hydrogens is 1060 g/mol. The molecule has 2 N–H and O–H groups in total. The van der Waals surface area contributed by atoms with Gasteiger partial charge in [-0.05, 0) is 71.6 Å². The summed E-state index contributed by atoms with van der Waals surface area (Å²) in [5.41, 5.74) is 2.07. The van der Waals surface area contributed by atoms with Crippen LogP contribution in [0.1, 0.15) is 37.1 Å². The zero-order valence-corrected chi connectivity index (χ0v) is 46.0. The maximum atomic E-state index is 12.7. The number of hydrogen-bond donors (Lipinski definition) is 2. The SMILES string of the molecule is CSC1=C(SC)SC(=C2SC(SCCOC(=O)NC(C)c3ccccc3)=C(SSC3=C(SCCOC(=O)NC(C)c4ccccc4)SC(=C4SC(SC)=C(SC)S4)S3)S2)S1. The predicted octanol–water partition coefficient (Wildman–Crippen LogP) is 16.9. The summed E-state index contributed by atoms with van der Waals surface area (Å²) in [5.74, 6) is 1.30. The highest BCUT2D eigenvalue weighted by molar-refractivity contribution is 8.84. The third kappa shape index (κ3) is 14.8. The summed E-state index contributed by atoms with van der Waals surface area (Å²) in [7, 11) is 3.62.